The Labute approximate surface area is 158 Å². The Kier molecular flexibility index (Phi) is 3.26. The monoisotopic (exact) mass is 411 g/mol. The lowest BCUT2D eigenvalue weighted by atomic mass is 9.57. The van der Waals surface area contributed by atoms with Gasteiger partial charge < -0.3 is 4.90 Å². The molecule has 0 atom stereocenters. The maximum Gasteiger partial charge on any atom is 0.237 e. The number of aromatic nitrogens is 2. The van der Waals surface area contributed by atoms with Crippen LogP contribution in [0.25, 0.3) is 10.9 Å². The fourth-order valence-electron chi connectivity index (χ4n) is 4.46. The Bertz CT molecular complexity index is 1060. The lowest BCUT2D eigenvalue weighted by Gasteiger charge is -2.44. The normalized spacial score (nSPS) is 24.2. The molecule has 1 spiro atoms. The Balaban J connectivity index is 1.67. The van der Waals surface area contributed by atoms with Crippen LogP contribution in [-0.2, 0) is 10.2 Å². The molecule has 130 valence electrons. The number of carbonyl (C=O) groups is 1. The van der Waals surface area contributed by atoms with Crippen LogP contribution in [0.3, 0.4) is 0 Å². The highest BCUT2D eigenvalue weighted by Crippen LogP contribution is 2.60. The summed E-state index contributed by atoms with van der Waals surface area (Å²) in [7, 11) is 1.79. The number of hydrogen-bond donors (Lipinski definition) is 0. The highest BCUT2D eigenvalue weighted by atomic mass is 79.9. The van der Waals surface area contributed by atoms with Crippen LogP contribution in [0.15, 0.2) is 47.2 Å². The summed E-state index contributed by atoms with van der Waals surface area (Å²) in [5.41, 5.74) is 2.83. The molecule has 3 heterocycles. The minimum absolute atomic E-state index is 0.0921. The minimum Gasteiger partial charge on any atom is -0.313 e. The zero-order valence-electron chi connectivity index (χ0n) is 14.0. The smallest absolute Gasteiger partial charge is 0.237 e. The average molecular weight is 412 g/mol. The number of anilines is 1. The molecule has 1 aliphatic heterocycles. The molecular weight excluding hydrogens is 397 g/mol. The topological polar surface area (TPSA) is 46.1 Å². The van der Waals surface area contributed by atoms with Crippen molar-refractivity contribution in [3.8, 4) is 0 Å². The largest absolute Gasteiger partial charge is 0.313 e. The Hall–Kier alpha value is -2.34. The molecular formula is C20H15BrFN3O. The van der Waals surface area contributed by atoms with Gasteiger partial charge in [0.15, 0.2) is 0 Å². The third-order valence-electron chi connectivity index (χ3n) is 5.74. The van der Waals surface area contributed by atoms with E-state index >= 15 is 0 Å². The van der Waals surface area contributed by atoms with Crippen LogP contribution < -0.4 is 4.90 Å². The number of pyridine rings is 2. The predicted octanol–water partition coefficient (Wildman–Crippen LogP) is 4.32. The molecule has 4 nitrogen and oxygen atoms in total. The van der Waals surface area contributed by atoms with Gasteiger partial charge in [0, 0.05) is 41.9 Å². The Morgan fingerprint density at radius 1 is 1.27 bits per heavy atom. The van der Waals surface area contributed by atoms with E-state index in [9.17, 15) is 9.18 Å². The second-order valence-electron chi connectivity index (χ2n) is 7.11. The van der Waals surface area contributed by atoms with Crippen molar-refractivity contribution in [2.75, 3.05) is 11.9 Å². The van der Waals surface area contributed by atoms with Crippen LogP contribution >= 0.6 is 15.9 Å². The van der Waals surface area contributed by atoms with E-state index < -0.39 is 5.41 Å². The number of rotatable bonds is 1. The van der Waals surface area contributed by atoms with Gasteiger partial charge >= 0.3 is 0 Å². The Morgan fingerprint density at radius 3 is 2.81 bits per heavy atom. The van der Waals surface area contributed by atoms with Gasteiger partial charge in [-0.2, -0.15) is 0 Å². The van der Waals surface area contributed by atoms with Crippen LogP contribution in [0.5, 0.6) is 0 Å². The summed E-state index contributed by atoms with van der Waals surface area (Å²) >= 11 is 3.27. The van der Waals surface area contributed by atoms with Crippen molar-refractivity contribution in [1.82, 2.24) is 9.97 Å². The quantitative estimate of drug-likeness (QED) is 0.598. The van der Waals surface area contributed by atoms with Gasteiger partial charge in [-0.1, -0.05) is 6.07 Å². The first kappa shape index (κ1) is 15.9. The van der Waals surface area contributed by atoms with Gasteiger partial charge in [-0.05, 0) is 47.0 Å². The number of likely N-dealkylation sites (N-methyl/N-ethyl adjacent to an activating group) is 1. The average Bonchev–Trinajstić information content (AvgIpc) is 2.84. The van der Waals surface area contributed by atoms with Gasteiger partial charge in [-0.15, -0.1) is 0 Å². The van der Waals surface area contributed by atoms with Crippen molar-refractivity contribution >= 4 is 38.4 Å². The highest BCUT2D eigenvalue weighted by molar-refractivity contribution is 9.10. The number of carbonyl (C=O) groups excluding carboxylic acids is 1. The molecule has 6 heteroatoms. The summed E-state index contributed by atoms with van der Waals surface area (Å²) in [4.78, 5) is 23.6. The molecule has 0 bridgehead atoms. The van der Waals surface area contributed by atoms with E-state index in [2.05, 4.69) is 25.9 Å². The lowest BCUT2D eigenvalue weighted by molar-refractivity contribution is -0.126. The summed E-state index contributed by atoms with van der Waals surface area (Å²) < 4.78 is 14.3. The molecule has 5 rings (SSSR count). The maximum atomic E-state index is 14.0. The minimum atomic E-state index is -0.565. The molecule has 1 fully saturated rings. The van der Waals surface area contributed by atoms with Crippen molar-refractivity contribution in [3.63, 3.8) is 0 Å². The zero-order valence-corrected chi connectivity index (χ0v) is 15.6. The van der Waals surface area contributed by atoms with E-state index in [0.717, 1.165) is 22.3 Å². The van der Waals surface area contributed by atoms with E-state index in [1.54, 1.807) is 30.4 Å². The summed E-state index contributed by atoms with van der Waals surface area (Å²) in [6.45, 7) is 0. The van der Waals surface area contributed by atoms with E-state index in [1.807, 2.05) is 18.2 Å². The number of halogens is 2. The van der Waals surface area contributed by atoms with Gasteiger partial charge in [-0.3, -0.25) is 14.8 Å². The van der Waals surface area contributed by atoms with Gasteiger partial charge in [0.1, 0.15) is 5.82 Å². The molecule has 0 saturated heterocycles. The maximum absolute atomic E-state index is 14.0. The first-order valence-corrected chi connectivity index (χ1v) is 9.28. The SMILES string of the molecule is CN1c2cnc3cc(F)c(Br)cc3c2[C@]2(C[C@H](c3ccccn3)C2)C1=O. The summed E-state index contributed by atoms with van der Waals surface area (Å²) in [6.07, 6.45) is 4.91. The number of hydrogen-bond acceptors (Lipinski definition) is 3. The van der Waals surface area contributed by atoms with Crippen molar-refractivity contribution in [1.29, 1.82) is 0 Å². The van der Waals surface area contributed by atoms with Gasteiger partial charge in [0.05, 0.1) is 27.3 Å². The van der Waals surface area contributed by atoms with E-state index in [1.165, 1.54) is 6.07 Å². The van der Waals surface area contributed by atoms with Crippen LogP contribution in [-0.4, -0.2) is 22.9 Å². The highest BCUT2D eigenvalue weighted by Gasteiger charge is 2.59. The summed E-state index contributed by atoms with van der Waals surface area (Å²) in [6, 6.07) is 9.05. The molecule has 26 heavy (non-hydrogen) atoms. The molecule has 2 aromatic heterocycles. The van der Waals surface area contributed by atoms with E-state index in [0.29, 0.717) is 22.8 Å². The molecule has 3 aromatic rings. The lowest BCUT2D eigenvalue weighted by Crippen LogP contribution is -2.48. The molecule has 2 aliphatic rings. The van der Waals surface area contributed by atoms with E-state index in [-0.39, 0.29) is 17.6 Å². The third-order valence-corrected chi connectivity index (χ3v) is 6.35. The van der Waals surface area contributed by atoms with Crippen LogP contribution in [0.1, 0.15) is 30.0 Å². The van der Waals surface area contributed by atoms with Crippen molar-refractivity contribution in [3.05, 3.63) is 64.3 Å². The summed E-state index contributed by atoms with van der Waals surface area (Å²) in [5, 5.41) is 0.841. The van der Waals surface area contributed by atoms with Crippen LogP contribution in [0.4, 0.5) is 10.1 Å². The first-order valence-electron chi connectivity index (χ1n) is 8.48. The molecule has 1 aromatic carbocycles. The van der Waals surface area contributed by atoms with Gasteiger partial charge in [0.2, 0.25) is 5.91 Å². The van der Waals surface area contributed by atoms with Crippen molar-refractivity contribution in [2.24, 2.45) is 0 Å². The summed E-state index contributed by atoms with van der Waals surface area (Å²) in [5.74, 6) is -0.00215. The number of fused-ring (bicyclic) bond motifs is 4. The van der Waals surface area contributed by atoms with Crippen LogP contribution in [0.2, 0.25) is 0 Å². The number of nitrogens with zero attached hydrogens (tertiary/aromatic N) is 3. The third kappa shape index (κ3) is 1.96. The molecule has 0 unspecified atom stereocenters. The second kappa shape index (κ2) is 5.33. The molecule has 1 amide bonds. The van der Waals surface area contributed by atoms with Crippen LogP contribution in [0, 0.1) is 5.82 Å². The molecule has 1 saturated carbocycles. The zero-order chi connectivity index (χ0) is 18.1. The van der Waals surface area contributed by atoms with Gasteiger partial charge in [-0.25, -0.2) is 4.39 Å². The fourth-order valence-corrected chi connectivity index (χ4v) is 4.80. The molecule has 1 aliphatic carbocycles. The standard InChI is InChI=1S/C20H15BrFN3O/c1-25-17-10-24-16-7-14(22)13(21)6-12(16)18(17)20(19(25)26)8-11(9-20)15-4-2-3-5-23-15/h2-7,10-11H,8-9H2,1H3/t11-,20+. The first-order chi connectivity index (χ1) is 12.5. The number of amides is 1. The van der Waals surface area contributed by atoms with Crippen molar-refractivity contribution in [2.45, 2.75) is 24.2 Å². The number of benzene rings is 1. The molecule has 0 N–H and O–H groups in total. The van der Waals surface area contributed by atoms with E-state index in [4.69, 9.17) is 0 Å². The predicted molar refractivity (Wildman–Crippen MR) is 101 cm³/mol. The Morgan fingerprint density at radius 2 is 2.08 bits per heavy atom. The van der Waals surface area contributed by atoms with Crippen molar-refractivity contribution < 1.29 is 9.18 Å². The molecule has 0 radical (unpaired) electrons. The van der Waals surface area contributed by atoms with Gasteiger partial charge in [0.25, 0.3) is 0 Å². The fraction of sp³-hybridized carbons (Fsp3) is 0.250. The second-order valence-corrected chi connectivity index (χ2v) is 7.96.